The molecule has 0 aromatic rings. The van der Waals surface area contributed by atoms with E-state index in [1.165, 1.54) is 19.3 Å². The van der Waals surface area contributed by atoms with Gasteiger partial charge in [-0.05, 0) is 24.2 Å². The standard InChI is InChI=1S/C11H24.2C2H6/c1-6-11(10(4)5)8-7-9(2)3;2*1-2/h9-11H,6-8H2,1-5H3;2*1-2H3. The van der Waals surface area contributed by atoms with Crippen molar-refractivity contribution in [3.8, 4) is 0 Å². The van der Waals surface area contributed by atoms with E-state index in [9.17, 15) is 0 Å². The molecule has 0 spiro atoms. The van der Waals surface area contributed by atoms with E-state index in [1.807, 2.05) is 27.7 Å². The zero-order valence-corrected chi connectivity index (χ0v) is 12.9. The van der Waals surface area contributed by atoms with Gasteiger partial charge >= 0.3 is 0 Å². The Hall–Kier alpha value is 0. The maximum absolute atomic E-state index is 2.34. The van der Waals surface area contributed by atoms with Crippen LogP contribution in [0.2, 0.25) is 0 Å². The lowest BCUT2D eigenvalue weighted by Gasteiger charge is -2.19. The third-order valence-electron chi connectivity index (χ3n) is 2.58. The summed E-state index contributed by atoms with van der Waals surface area (Å²) < 4.78 is 0. The first-order valence-corrected chi connectivity index (χ1v) is 7.07. The molecule has 0 nitrogen and oxygen atoms in total. The van der Waals surface area contributed by atoms with Crippen LogP contribution >= 0.6 is 0 Å². The Morgan fingerprint density at radius 1 is 0.733 bits per heavy atom. The molecule has 0 amide bonds. The Morgan fingerprint density at radius 2 is 1.13 bits per heavy atom. The van der Waals surface area contributed by atoms with Gasteiger partial charge < -0.3 is 0 Å². The fraction of sp³-hybridized carbons (Fsp3) is 1.00. The van der Waals surface area contributed by atoms with Crippen LogP contribution in [0.4, 0.5) is 0 Å². The first-order valence-electron chi connectivity index (χ1n) is 7.07. The lowest BCUT2D eigenvalue weighted by atomic mass is 9.87. The average Bonchev–Trinajstić information content (AvgIpc) is 2.24. The molecule has 0 saturated heterocycles. The van der Waals surface area contributed by atoms with E-state index in [0.717, 1.165) is 17.8 Å². The molecule has 0 aliphatic carbocycles. The first kappa shape index (κ1) is 20.4. The molecule has 0 rings (SSSR count). The molecule has 0 heterocycles. The molecule has 0 aliphatic rings. The van der Waals surface area contributed by atoms with Crippen molar-refractivity contribution in [1.29, 1.82) is 0 Å². The van der Waals surface area contributed by atoms with Gasteiger partial charge in [-0.2, -0.15) is 0 Å². The Labute approximate surface area is 99.9 Å². The Bertz CT molecular complexity index is 82.0. The van der Waals surface area contributed by atoms with Crippen molar-refractivity contribution in [2.75, 3.05) is 0 Å². The second kappa shape index (κ2) is 16.4. The van der Waals surface area contributed by atoms with E-state index >= 15 is 0 Å². The molecular formula is C15H36. The van der Waals surface area contributed by atoms with Crippen LogP contribution in [-0.2, 0) is 0 Å². The van der Waals surface area contributed by atoms with Crippen LogP contribution < -0.4 is 0 Å². The van der Waals surface area contributed by atoms with Gasteiger partial charge in [0.2, 0.25) is 0 Å². The van der Waals surface area contributed by atoms with Gasteiger partial charge in [0.1, 0.15) is 0 Å². The van der Waals surface area contributed by atoms with Gasteiger partial charge in [0.05, 0.1) is 0 Å². The van der Waals surface area contributed by atoms with Gasteiger partial charge in [-0.25, -0.2) is 0 Å². The van der Waals surface area contributed by atoms with Gasteiger partial charge in [-0.1, -0.05) is 75.2 Å². The Morgan fingerprint density at radius 3 is 1.33 bits per heavy atom. The average molecular weight is 216 g/mol. The number of hydrogen-bond acceptors (Lipinski definition) is 0. The maximum Gasteiger partial charge on any atom is -0.0394 e. The molecule has 96 valence electrons. The van der Waals surface area contributed by atoms with Gasteiger partial charge in [0, 0.05) is 0 Å². The number of hydrogen-bond donors (Lipinski definition) is 0. The summed E-state index contributed by atoms with van der Waals surface area (Å²) in [5.74, 6) is 2.71. The van der Waals surface area contributed by atoms with E-state index in [4.69, 9.17) is 0 Å². The van der Waals surface area contributed by atoms with E-state index in [2.05, 4.69) is 34.6 Å². The third kappa shape index (κ3) is 16.7. The second-order valence-corrected chi connectivity index (χ2v) is 4.38. The molecule has 0 saturated carbocycles. The van der Waals surface area contributed by atoms with Crippen LogP contribution in [0, 0.1) is 17.8 Å². The smallest absolute Gasteiger partial charge is 0.0394 e. The van der Waals surface area contributed by atoms with Crippen LogP contribution in [0.1, 0.15) is 81.6 Å². The van der Waals surface area contributed by atoms with Gasteiger partial charge in [-0.3, -0.25) is 0 Å². The van der Waals surface area contributed by atoms with Crippen molar-refractivity contribution in [2.24, 2.45) is 17.8 Å². The molecule has 0 radical (unpaired) electrons. The zero-order chi connectivity index (χ0) is 12.9. The molecule has 1 unspecified atom stereocenters. The van der Waals surface area contributed by atoms with Crippen LogP contribution in [0.5, 0.6) is 0 Å². The molecular weight excluding hydrogens is 180 g/mol. The summed E-state index contributed by atoms with van der Waals surface area (Å²) in [5.41, 5.74) is 0. The third-order valence-corrected chi connectivity index (χ3v) is 2.58. The predicted molar refractivity (Wildman–Crippen MR) is 75.4 cm³/mol. The van der Waals surface area contributed by atoms with E-state index in [-0.39, 0.29) is 0 Å². The largest absolute Gasteiger partial charge is 0.0683 e. The minimum Gasteiger partial charge on any atom is -0.0683 e. The Kier molecular flexibility index (Phi) is 22.4. The van der Waals surface area contributed by atoms with Crippen molar-refractivity contribution in [2.45, 2.75) is 81.6 Å². The topological polar surface area (TPSA) is 0 Å². The molecule has 1 atom stereocenters. The molecule has 0 fully saturated rings. The summed E-state index contributed by atoms with van der Waals surface area (Å²) in [7, 11) is 0. The monoisotopic (exact) mass is 216 g/mol. The van der Waals surface area contributed by atoms with Crippen molar-refractivity contribution in [3.63, 3.8) is 0 Å². The van der Waals surface area contributed by atoms with Crippen molar-refractivity contribution >= 4 is 0 Å². The van der Waals surface area contributed by atoms with Gasteiger partial charge in [-0.15, -0.1) is 0 Å². The highest BCUT2D eigenvalue weighted by Crippen LogP contribution is 2.22. The highest BCUT2D eigenvalue weighted by molar-refractivity contribution is 4.62. The zero-order valence-electron chi connectivity index (χ0n) is 12.9. The highest BCUT2D eigenvalue weighted by atomic mass is 14.2. The van der Waals surface area contributed by atoms with Crippen molar-refractivity contribution in [3.05, 3.63) is 0 Å². The molecule has 0 aromatic carbocycles. The van der Waals surface area contributed by atoms with E-state index < -0.39 is 0 Å². The first-order chi connectivity index (χ1) is 7.07. The second-order valence-electron chi connectivity index (χ2n) is 4.38. The van der Waals surface area contributed by atoms with E-state index in [0.29, 0.717) is 0 Å². The number of rotatable bonds is 5. The van der Waals surface area contributed by atoms with E-state index in [1.54, 1.807) is 0 Å². The van der Waals surface area contributed by atoms with Gasteiger partial charge in [0.25, 0.3) is 0 Å². The predicted octanol–water partition coefficient (Wildman–Crippen LogP) is 6.16. The SMILES string of the molecule is CC.CC.CCC(CCC(C)C)C(C)C. The highest BCUT2D eigenvalue weighted by Gasteiger charge is 2.10. The summed E-state index contributed by atoms with van der Waals surface area (Å²) in [4.78, 5) is 0. The quantitative estimate of drug-likeness (QED) is 0.516. The molecule has 0 aliphatic heterocycles. The summed E-state index contributed by atoms with van der Waals surface area (Å²) in [6.07, 6.45) is 4.17. The Balaban J connectivity index is -0.000000318. The van der Waals surface area contributed by atoms with Gasteiger partial charge in [0.15, 0.2) is 0 Å². The fourth-order valence-electron chi connectivity index (χ4n) is 1.56. The fourth-order valence-corrected chi connectivity index (χ4v) is 1.56. The lowest BCUT2D eigenvalue weighted by Crippen LogP contribution is -2.08. The summed E-state index contributed by atoms with van der Waals surface area (Å²) in [6.45, 7) is 19.6. The summed E-state index contributed by atoms with van der Waals surface area (Å²) >= 11 is 0. The minimum absolute atomic E-state index is 0.874. The summed E-state index contributed by atoms with van der Waals surface area (Å²) in [5, 5.41) is 0. The van der Waals surface area contributed by atoms with Crippen LogP contribution in [0.15, 0.2) is 0 Å². The van der Waals surface area contributed by atoms with Crippen molar-refractivity contribution in [1.82, 2.24) is 0 Å². The van der Waals surface area contributed by atoms with Crippen molar-refractivity contribution < 1.29 is 0 Å². The van der Waals surface area contributed by atoms with Crippen LogP contribution in [0.25, 0.3) is 0 Å². The molecule has 15 heavy (non-hydrogen) atoms. The molecule has 0 N–H and O–H groups in total. The lowest BCUT2D eigenvalue weighted by molar-refractivity contribution is 0.322. The maximum atomic E-state index is 2.34. The molecule has 0 bridgehead atoms. The summed E-state index contributed by atoms with van der Waals surface area (Å²) in [6, 6.07) is 0. The molecule has 0 aromatic heterocycles. The molecule has 0 heteroatoms. The normalized spacial score (nSPS) is 11.4. The van der Waals surface area contributed by atoms with Crippen LogP contribution in [-0.4, -0.2) is 0 Å². The minimum atomic E-state index is 0.874. The van der Waals surface area contributed by atoms with Crippen LogP contribution in [0.3, 0.4) is 0 Å².